The monoisotopic (exact) mass is 369 g/mol. The zero-order chi connectivity index (χ0) is 19.1. The van der Waals surface area contributed by atoms with Crippen molar-refractivity contribution >= 4 is 5.91 Å². The number of halogens is 1. The molecule has 0 aliphatic carbocycles. The summed E-state index contributed by atoms with van der Waals surface area (Å²) in [6.07, 6.45) is 4.14. The fourth-order valence-corrected chi connectivity index (χ4v) is 5.00. The van der Waals surface area contributed by atoms with E-state index in [1.807, 2.05) is 37.6 Å². The van der Waals surface area contributed by atoms with Gasteiger partial charge in [0.25, 0.3) is 0 Å². The third kappa shape index (κ3) is 3.52. The first-order chi connectivity index (χ1) is 12.9. The summed E-state index contributed by atoms with van der Waals surface area (Å²) in [6, 6.07) is 9.58. The van der Waals surface area contributed by atoms with Crippen LogP contribution in [0, 0.1) is 25.6 Å². The predicted octanol–water partition coefficient (Wildman–Crippen LogP) is 4.21. The molecule has 2 aliphatic heterocycles. The van der Waals surface area contributed by atoms with Crippen molar-refractivity contribution in [3.63, 3.8) is 0 Å². The van der Waals surface area contributed by atoms with Gasteiger partial charge in [0.05, 0.1) is 18.2 Å². The predicted molar refractivity (Wildman–Crippen MR) is 103 cm³/mol. The number of benzene rings is 1. The van der Waals surface area contributed by atoms with Crippen molar-refractivity contribution in [1.29, 1.82) is 0 Å². The number of fused-ring (bicyclic) bond motifs is 2. The molecule has 2 aliphatic rings. The first-order valence-corrected chi connectivity index (χ1v) is 10.0. The molecule has 1 amide bonds. The van der Waals surface area contributed by atoms with E-state index in [1.165, 1.54) is 5.56 Å². The van der Waals surface area contributed by atoms with Crippen molar-refractivity contribution in [2.45, 2.75) is 71.0 Å². The molecule has 0 spiro atoms. The number of hydrogen-bond acceptors (Lipinski definition) is 2. The van der Waals surface area contributed by atoms with E-state index in [0.29, 0.717) is 24.5 Å². The van der Waals surface area contributed by atoms with Gasteiger partial charge in [0.2, 0.25) is 5.91 Å². The second-order valence-electron chi connectivity index (χ2n) is 8.36. The number of nitrogens with zero attached hydrogens (tertiary/aromatic N) is 3. The molecule has 5 heteroatoms. The van der Waals surface area contributed by atoms with Gasteiger partial charge >= 0.3 is 0 Å². The summed E-state index contributed by atoms with van der Waals surface area (Å²) in [4.78, 5) is 15.4. The Morgan fingerprint density at radius 1 is 1.19 bits per heavy atom. The molecule has 0 saturated carbocycles. The van der Waals surface area contributed by atoms with Crippen molar-refractivity contribution in [2.75, 3.05) is 0 Å². The van der Waals surface area contributed by atoms with Crippen LogP contribution in [0.25, 0.3) is 0 Å². The van der Waals surface area contributed by atoms with Crippen molar-refractivity contribution in [3.05, 3.63) is 53.1 Å². The van der Waals surface area contributed by atoms with Crippen LogP contribution in [0.5, 0.6) is 0 Å². The number of carbonyl (C=O) groups excluding carboxylic acids is 1. The highest BCUT2D eigenvalue weighted by atomic mass is 19.1. The molecular weight excluding hydrogens is 341 g/mol. The van der Waals surface area contributed by atoms with Crippen LogP contribution in [0.15, 0.2) is 30.3 Å². The van der Waals surface area contributed by atoms with Gasteiger partial charge in [-0.1, -0.05) is 19.1 Å². The van der Waals surface area contributed by atoms with Crippen LogP contribution in [-0.4, -0.2) is 32.7 Å². The second-order valence-corrected chi connectivity index (χ2v) is 8.36. The smallest absolute Gasteiger partial charge is 0.227 e. The molecular formula is C22H28FN3O. The number of piperidine rings is 1. The number of carbonyl (C=O) groups is 1. The molecule has 1 aromatic heterocycles. The van der Waals surface area contributed by atoms with Crippen LogP contribution in [-0.2, 0) is 11.3 Å². The molecule has 0 unspecified atom stereocenters. The van der Waals surface area contributed by atoms with Crippen LogP contribution < -0.4 is 0 Å². The third-order valence-corrected chi connectivity index (χ3v) is 6.30. The number of aromatic nitrogens is 2. The molecule has 2 aromatic rings. The molecule has 0 N–H and O–H groups in total. The molecule has 0 radical (unpaired) electrons. The van der Waals surface area contributed by atoms with E-state index < -0.39 is 0 Å². The minimum absolute atomic E-state index is 0.0755. The maximum atomic E-state index is 13.2. The molecule has 2 fully saturated rings. The van der Waals surface area contributed by atoms with E-state index >= 15 is 0 Å². The number of aryl methyl sites for hydroxylation is 2. The maximum absolute atomic E-state index is 13.2. The summed E-state index contributed by atoms with van der Waals surface area (Å²) >= 11 is 0. The standard InChI is InChI=1S/C22H28FN3O/c1-14(13-25-16(3)10-15(2)24-25)22(27)26-20-8-9-21(26)12-18(11-20)17-4-6-19(23)7-5-17/h4-7,10,14,18,20-21H,8-9,11-13H2,1-3H3/t14-,20+,21+/m0/s1. The molecule has 144 valence electrons. The van der Waals surface area contributed by atoms with E-state index in [9.17, 15) is 9.18 Å². The highest BCUT2D eigenvalue weighted by Crippen LogP contribution is 2.43. The summed E-state index contributed by atoms with van der Waals surface area (Å²) in [5, 5.41) is 4.51. The Labute approximate surface area is 160 Å². The Kier molecular flexibility index (Phi) is 4.79. The highest BCUT2D eigenvalue weighted by molar-refractivity contribution is 5.79. The maximum Gasteiger partial charge on any atom is 0.227 e. The molecule has 3 atom stereocenters. The van der Waals surface area contributed by atoms with E-state index in [2.05, 4.69) is 16.1 Å². The molecule has 27 heavy (non-hydrogen) atoms. The first kappa shape index (κ1) is 18.2. The zero-order valence-corrected chi connectivity index (χ0v) is 16.4. The van der Waals surface area contributed by atoms with Crippen LogP contribution in [0.3, 0.4) is 0 Å². The van der Waals surface area contributed by atoms with Gasteiger partial charge in [0.1, 0.15) is 5.82 Å². The number of hydrogen-bond donors (Lipinski definition) is 0. The lowest BCUT2D eigenvalue weighted by atomic mass is 9.84. The summed E-state index contributed by atoms with van der Waals surface area (Å²) < 4.78 is 15.2. The topological polar surface area (TPSA) is 38.1 Å². The molecule has 3 heterocycles. The van der Waals surface area contributed by atoms with Gasteiger partial charge in [-0.15, -0.1) is 0 Å². The highest BCUT2D eigenvalue weighted by Gasteiger charge is 2.44. The largest absolute Gasteiger partial charge is 0.336 e. The lowest BCUT2D eigenvalue weighted by molar-refractivity contribution is -0.140. The minimum atomic E-state index is -0.188. The van der Waals surface area contributed by atoms with Crippen molar-refractivity contribution in [3.8, 4) is 0 Å². The van der Waals surface area contributed by atoms with Gasteiger partial charge in [0, 0.05) is 17.8 Å². The summed E-state index contributed by atoms with van der Waals surface area (Å²) in [6.45, 7) is 6.67. The minimum Gasteiger partial charge on any atom is -0.336 e. The average molecular weight is 369 g/mol. The molecule has 4 rings (SSSR count). The normalized spacial score (nSPS) is 25.6. The van der Waals surface area contributed by atoms with E-state index in [-0.39, 0.29) is 17.6 Å². The molecule has 2 bridgehead atoms. The fourth-order valence-electron chi connectivity index (χ4n) is 5.00. The Hall–Kier alpha value is -2.17. The second kappa shape index (κ2) is 7.10. The van der Waals surface area contributed by atoms with Crippen LogP contribution in [0.4, 0.5) is 4.39 Å². The van der Waals surface area contributed by atoms with Crippen LogP contribution in [0.1, 0.15) is 55.5 Å². The molecule has 4 nitrogen and oxygen atoms in total. The Morgan fingerprint density at radius 3 is 2.37 bits per heavy atom. The number of rotatable bonds is 4. The summed E-state index contributed by atoms with van der Waals surface area (Å²) in [5.74, 6) is 0.423. The van der Waals surface area contributed by atoms with Crippen molar-refractivity contribution in [2.24, 2.45) is 5.92 Å². The van der Waals surface area contributed by atoms with Gasteiger partial charge < -0.3 is 4.90 Å². The van der Waals surface area contributed by atoms with Crippen LogP contribution >= 0.6 is 0 Å². The Balaban J connectivity index is 1.45. The van der Waals surface area contributed by atoms with Crippen molar-refractivity contribution < 1.29 is 9.18 Å². The van der Waals surface area contributed by atoms with Gasteiger partial charge in [-0.3, -0.25) is 9.48 Å². The van der Waals surface area contributed by atoms with E-state index in [0.717, 1.165) is 37.1 Å². The van der Waals surface area contributed by atoms with Crippen molar-refractivity contribution in [1.82, 2.24) is 14.7 Å². The fraction of sp³-hybridized carbons (Fsp3) is 0.545. The van der Waals surface area contributed by atoms with Gasteiger partial charge in [-0.2, -0.15) is 5.10 Å². The molecule has 1 aromatic carbocycles. The summed E-state index contributed by atoms with van der Waals surface area (Å²) in [5.41, 5.74) is 3.30. The molecule has 2 saturated heterocycles. The van der Waals surface area contributed by atoms with Crippen LogP contribution in [0.2, 0.25) is 0 Å². The lowest BCUT2D eigenvalue weighted by Gasteiger charge is -2.40. The number of amides is 1. The first-order valence-electron chi connectivity index (χ1n) is 10.0. The third-order valence-electron chi connectivity index (χ3n) is 6.30. The van der Waals surface area contributed by atoms with Gasteiger partial charge in [-0.05, 0) is 69.2 Å². The SMILES string of the molecule is Cc1cc(C)n(C[C@H](C)C(=O)N2[C@@H]3CC[C@@H]2CC(c2ccc(F)cc2)C3)n1. The Morgan fingerprint density at radius 2 is 1.81 bits per heavy atom. The van der Waals surface area contributed by atoms with Gasteiger partial charge in [-0.25, -0.2) is 4.39 Å². The lowest BCUT2D eigenvalue weighted by Crippen LogP contribution is -2.48. The average Bonchev–Trinajstić information content (AvgIpc) is 3.09. The quantitative estimate of drug-likeness (QED) is 0.810. The Bertz CT molecular complexity index is 815. The van der Waals surface area contributed by atoms with E-state index in [4.69, 9.17) is 0 Å². The summed E-state index contributed by atoms with van der Waals surface area (Å²) in [7, 11) is 0. The van der Waals surface area contributed by atoms with E-state index in [1.54, 1.807) is 12.1 Å². The van der Waals surface area contributed by atoms with Gasteiger partial charge in [0.15, 0.2) is 0 Å². The zero-order valence-electron chi connectivity index (χ0n) is 16.4.